The van der Waals surface area contributed by atoms with Gasteiger partial charge in [-0.05, 0) is 37.0 Å². The van der Waals surface area contributed by atoms with E-state index in [1.807, 2.05) is 0 Å². The van der Waals surface area contributed by atoms with Crippen LogP contribution in [-0.4, -0.2) is 30.3 Å². The van der Waals surface area contributed by atoms with Crippen LogP contribution in [0, 0.1) is 0 Å². The molecule has 1 aromatic rings. The number of hydrogen-bond acceptors (Lipinski definition) is 3. The molecule has 3 rings (SSSR count). The van der Waals surface area contributed by atoms with Gasteiger partial charge in [0, 0.05) is 35.8 Å². The van der Waals surface area contributed by atoms with Crippen LogP contribution < -0.4 is 10.2 Å². The first-order valence-electron chi connectivity index (χ1n) is 6.67. The fourth-order valence-electron chi connectivity index (χ4n) is 2.39. The molecule has 1 aromatic carbocycles. The zero-order chi connectivity index (χ0) is 12.5. The first-order chi connectivity index (χ1) is 8.72. The molecule has 1 aliphatic carbocycles. The van der Waals surface area contributed by atoms with Gasteiger partial charge in [-0.2, -0.15) is 0 Å². The number of nitrogens with zero attached hydrogens (tertiary/aromatic N) is 1. The molecule has 2 aliphatic rings. The quantitative estimate of drug-likeness (QED) is 0.895. The van der Waals surface area contributed by atoms with Gasteiger partial charge < -0.3 is 15.3 Å². The number of β-amino-alcohol motifs (C(OH)–C–C–N with tert-alkyl or cyclic N) is 1. The summed E-state index contributed by atoms with van der Waals surface area (Å²) in [5.74, 6) is 0. The number of benzene rings is 1. The van der Waals surface area contributed by atoms with E-state index < -0.39 is 0 Å². The van der Waals surface area contributed by atoms with Gasteiger partial charge in [0.25, 0.3) is 0 Å². The molecule has 0 aromatic heterocycles. The molecule has 1 atom stereocenters. The van der Waals surface area contributed by atoms with Crippen molar-refractivity contribution in [2.45, 2.75) is 38.0 Å². The Morgan fingerprint density at radius 3 is 2.78 bits per heavy atom. The molecule has 1 heterocycles. The van der Waals surface area contributed by atoms with Gasteiger partial charge >= 0.3 is 0 Å². The van der Waals surface area contributed by atoms with Crippen molar-refractivity contribution in [1.29, 1.82) is 0 Å². The van der Waals surface area contributed by atoms with Gasteiger partial charge in [-0.25, -0.2) is 0 Å². The van der Waals surface area contributed by atoms with Crippen LogP contribution in [-0.2, 0) is 6.54 Å². The summed E-state index contributed by atoms with van der Waals surface area (Å²) in [5.41, 5.74) is 2.51. The Labute approximate surface area is 116 Å². The highest BCUT2D eigenvalue weighted by Gasteiger charge is 2.22. The SMILES string of the molecule is OC1CCN(c2ccc(CNC3CC3)c(Br)c2)C1. The molecule has 98 valence electrons. The summed E-state index contributed by atoms with van der Waals surface area (Å²) < 4.78 is 1.16. The highest BCUT2D eigenvalue weighted by molar-refractivity contribution is 9.10. The van der Waals surface area contributed by atoms with Gasteiger partial charge in [0.1, 0.15) is 0 Å². The van der Waals surface area contributed by atoms with Crippen molar-refractivity contribution in [2.75, 3.05) is 18.0 Å². The van der Waals surface area contributed by atoms with Gasteiger partial charge in [-0.3, -0.25) is 0 Å². The lowest BCUT2D eigenvalue weighted by Crippen LogP contribution is -2.21. The van der Waals surface area contributed by atoms with Crippen LogP contribution in [0.4, 0.5) is 5.69 Å². The summed E-state index contributed by atoms with van der Waals surface area (Å²) in [6.45, 7) is 2.65. The third-order valence-corrected chi connectivity index (χ3v) is 4.46. The van der Waals surface area contributed by atoms with Crippen molar-refractivity contribution in [1.82, 2.24) is 5.32 Å². The average molecular weight is 311 g/mol. The number of hydrogen-bond donors (Lipinski definition) is 2. The molecule has 1 unspecified atom stereocenters. The maximum absolute atomic E-state index is 9.57. The first kappa shape index (κ1) is 12.5. The van der Waals surface area contributed by atoms with Crippen molar-refractivity contribution in [3.63, 3.8) is 0 Å². The van der Waals surface area contributed by atoms with Crippen LogP contribution in [0.25, 0.3) is 0 Å². The average Bonchev–Trinajstić information content (AvgIpc) is 3.08. The Morgan fingerprint density at radius 1 is 1.33 bits per heavy atom. The van der Waals surface area contributed by atoms with Gasteiger partial charge in [-0.1, -0.05) is 22.0 Å². The third-order valence-electron chi connectivity index (χ3n) is 3.72. The summed E-state index contributed by atoms with van der Waals surface area (Å²) in [6.07, 6.45) is 3.35. The second kappa shape index (κ2) is 5.19. The van der Waals surface area contributed by atoms with E-state index in [4.69, 9.17) is 0 Å². The monoisotopic (exact) mass is 310 g/mol. The van der Waals surface area contributed by atoms with Crippen LogP contribution in [0.15, 0.2) is 22.7 Å². The molecule has 3 nitrogen and oxygen atoms in total. The summed E-state index contributed by atoms with van der Waals surface area (Å²) in [4.78, 5) is 2.24. The Bertz CT molecular complexity index is 434. The van der Waals surface area contributed by atoms with Gasteiger partial charge in [0.15, 0.2) is 0 Å². The number of halogens is 1. The molecule has 1 saturated heterocycles. The van der Waals surface area contributed by atoms with Crippen molar-refractivity contribution in [3.05, 3.63) is 28.2 Å². The zero-order valence-electron chi connectivity index (χ0n) is 10.4. The lowest BCUT2D eigenvalue weighted by molar-refractivity contribution is 0.198. The molecular weight excluding hydrogens is 292 g/mol. The smallest absolute Gasteiger partial charge is 0.0731 e. The molecule has 0 radical (unpaired) electrons. The minimum absolute atomic E-state index is 0.167. The van der Waals surface area contributed by atoms with Crippen LogP contribution in [0.1, 0.15) is 24.8 Å². The molecule has 0 amide bonds. The summed E-state index contributed by atoms with van der Waals surface area (Å²) >= 11 is 3.65. The maximum Gasteiger partial charge on any atom is 0.0731 e. The number of aliphatic hydroxyl groups excluding tert-OH is 1. The molecule has 4 heteroatoms. The Hall–Kier alpha value is -0.580. The molecule has 18 heavy (non-hydrogen) atoms. The van der Waals surface area contributed by atoms with Crippen LogP contribution >= 0.6 is 15.9 Å². The second-order valence-corrected chi connectivity index (χ2v) is 6.17. The number of nitrogens with one attached hydrogen (secondary N) is 1. The highest BCUT2D eigenvalue weighted by atomic mass is 79.9. The molecule has 2 N–H and O–H groups in total. The third kappa shape index (κ3) is 2.87. The topological polar surface area (TPSA) is 35.5 Å². The summed E-state index contributed by atoms with van der Waals surface area (Å²) in [7, 11) is 0. The Balaban J connectivity index is 1.67. The van der Waals surface area contributed by atoms with Crippen molar-refractivity contribution in [2.24, 2.45) is 0 Å². The summed E-state index contributed by atoms with van der Waals surface area (Å²) in [6, 6.07) is 7.25. The Morgan fingerprint density at radius 2 is 2.17 bits per heavy atom. The normalized spacial score (nSPS) is 23.7. The zero-order valence-corrected chi connectivity index (χ0v) is 12.0. The predicted molar refractivity (Wildman–Crippen MR) is 76.8 cm³/mol. The molecule has 0 spiro atoms. The maximum atomic E-state index is 9.57. The Kier molecular flexibility index (Phi) is 3.59. The lowest BCUT2D eigenvalue weighted by Gasteiger charge is -2.19. The fourth-order valence-corrected chi connectivity index (χ4v) is 2.90. The second-order valence-electron chi connectivity index (χ2n) is 5.32. The van der Waals surface area contributed by atoms with Crippen molar-refractivity contribution in [3.8, 4) is 0 Å². The van der Waals surface area contributed by atoms with E-state index in [-0.39, 0.29) is 6.10 Å². The molecule has 1 saturated carbocycles. The van der Waals surface area contributed by atoms with Crippen LogP contribution in [0.3, 0.4) is 0 Å². The van der Waals surface area contributed by atoms with Gasteiger partial charge in [0.2, 0.25) is 0 Å². The van der Waals surface area contributed by atoms with E-state index in [9.17, 15) is 5.11 Å². The molecule has 2 fully saturated rings. The highest BCUT2D eigenvalue weighted by Crippen LogP contribution is 2.27. The van der Waals surface area contributed by atoms with Crippen LogP contribution in [0.5, 0.6) is 0 Å². The fraction of sp³-hybridized carbons (Fsp3) is 0.571. The van der Waals surface area contributed by atoms with Crippen molar-refractivity contribution < 1.29 is 5.11 Å². The predicted octanol–water partition coefficient (Wildman–Crippen LogP) is 2.27. The van der Waals surface area contributed by atoms with E-state index in [0.717, 1.165) is 36.6 Å². The lowest BCUT2D eigenvalue weighted by atomic mass is 10.2. The van der Waals surface area contributed by atoms with E-state index in [2.05, 4.69) is 44.3 Å². The standard InChI is InChI=1S/C14H19BrN2O/c15-14-7-12(17-6-5-13(18)9-17)4-1-10(14)8-16-11-2-3-11/h1,4,7,11,13,16,18H,2-3,5-6,8-9H2. The van der Waals surface area contributed by atoms with Gasteiger partial charge in [-0.15, -0.1) is 0 Å². The number of anilines is 1. The molecular formula is C14H19BrN2O. The van der Waals surface area contributed by atoms with Gasteiger partial charge in [0.05, 0.1) is 6.10 Å². The minimum atomic E-state index is -0.167. The van der Waals surface area contributed by atoms with E-state index in [0.29, 0.717) is 0 Å². The van der Waals surface area contributed by atoms with E-state index >= 15 is 0 Å². The van der Waals surface area contributed by atoms with E-state index in [1.165, 1.54) is 24.1 Å². The minimum Gasteiger partial charge on any atom is -0.391 e. The number of aliphatic hydroxyl groups is 1. The largest absolute Gasteiger partial charge is 0.391 e. The van der Waals surface area contributed by atoms with Crippen LogP contribution in [0.2, 0.25) is 0 Å². The number of rotatable bonds is 4. The molecule has 1 aliphatic heterocycles. The molecule has 0 bridgehead atoms. The first-order valence-corrected chi connectivity index (χ1v) is 7.46. The summed E-state index contributed by atoms with van der Waals surface area (Å²) in [5, 5.41) is 13.1. The van der Waals surface area contributed by atoms with Crippen molar-refractivity contribution >= 4 is 21.6 Å². The van der Waals surface area contributed by atoms with E-state index in [1.54, 1.807) is 0 Å².